The molecule has 0 fully saturated rings. The van der Waals surface area contributed by atoms with Crippen molar-refractivity contribution in [2.24, 2.45) is 0 Å². The van der Waals surface area contributed by atoms with Crippen LogP contribution in [-0.2, 0) is 22.8 Å². The van der Waals surface area contributed by atoms with E-state index in [9.17, 15) is 12.8 Å². The minimum atomic E-state index is -3.18. The second-order valence-corrected chi connectivity index (χ2v) is 12.3. The Bertz CT molecular complexity index is 2000. The number of sulfone groups is 1. The highest BCUT2D eigenvalue weighted by molar-refractivity contribution is 7.90. The highest BCUT2D eigenvalue weighted by atomic mass is 32.2. The van der Waals surface area contributed by atoms with Crippen molar-refractivity contribution in [1.82, 2.24) is 35.5 Å². The Balaban J connectivity index is 1.39. The Morgan fingerprint density at radius 3 is 2.59 bits per heavy atom. The van der Waals surface area contributed by atoms with Crippen LogP contribution in [0.3, 0.4) is 0 Å². The van der Waals surface area contributed by atoms with Gasteiger partial charge in [-0.2, -0.15) is 5.10 Å². The molecule has 0 unspecified atom stereocenters. The van der Waals surface area contributed by atoms with Crippen molar-refractivity contribution in [1.29, 1.82) is 0 Å². The molecule has 0 bridgehead atoms. The molecule has 1 aromatic carbocycles. The van der Waals surface area contributed by atoms with Crippen molar-refractivity contribution in [3.8, 4) is 33.8 Å². The van der Waals surface area contributed by atoms with E-state index in [1.165, 1.54) is 18.4 Å². The maximum Gasteiger partial charge on any atom is 0.181 e. The number of aryl methyl sites for hydroxylation is 1. The minimum absolute atomic E-state index is 0.0548. The van der Waals surface area contributed by atoms with Gasteiger partial charge in [0.2, 0.25) is 0 Å². The van der Waals surface area contributed by atoms with E-state index >= 15 is 0 Å². The number of H-pyrrole nitrogens is 2. The zero-order valence-corrected chi connectivity index (χ0v) is 23.4. The van der Waals surface area contributed by atoms with Gasteiger partial charge in [-0.25, -0.2) is 17.8 Å². The fraction of sp³-hybridized carbons (Fsp3) is 0.200. The van der Waals surface area contributed by atoms with Crippen LogP contribution in [0.1, 0.15) is 18.1 Å². The van der Waals surface area contributed by atoms with Crippen molar-refractivity contribution in [3.05, 3.63) is 84.2 Å². The van der Waals surface area contributed by atoms with E-state index in [-0.39, 0.29) is 12.2 Å². The molecule has 9 nitrogen and oxygen atoms in total. The summed E-state index contributed by atoms with van der Waals surface area (Å²) in [7, 11) is -3.18. The van der Waals surface area contributed by atoms with Crippen LogP contribution in [0.25, 0.3) is 55.7 Å². The number of aromatic nitrogens is 6. The van der Waals surface area contributed by atoms with Gasteiger partial charge in [0, 0.05) is 70.6 Å². The number of benzene rings is 1. The first-order valence-electron chi connectivity index (χ1n) is 13.2. The topological polar surface area (TPSA) is 129 Å². The van der Waals surface area contributed by atoms with Gasteiger partial charge in [0.15, 0.2) is 5.65 Å². The summed E-state index contributed by atoms with van der Waals surface area (Å²) in [4.78, 5) is 17.0. The predicted octanol–water partition coefficient (Wildman–Crippen LogP) is 5.07. The molecule has 0 aliphatic carbocycles. The van der Waals surface area contributed by atoms with Gasteiger partial charge in [0.1, 0.15) is 15.7 Å². The molecule has 0 spiro atoms. The zero-order valence-electron chi connectivity index (χ0n) is 22.6. The first-order valence-corrected chi connectivity index (χ1v) is 15.3. The third-order valence-corrected chi connectivity index (χ3v) is 7.87. The van der Waals surface area contributed by atoms with Crippen LogP contribution in [0.15, 0.2) is 67.3 Å². The van der Waals surface area contributed by atoms with Gasteiger partial charge in [-0.1, -0.05) is 6.92 Å². The van der Waals surface area contributed by atoms with Crippen LogP contribution >= 0.6 is 0 Å². The van der Waals surface area contributed by atoms with E-state index in [0.29, 0.717) is 22.5 Å². The van der Waals surface area contributed by atoms with Gasteiger partial charge in [-0.15, -0.1) is 0 Å². The molecule has 0 aliphatic heterocycles. The molecular weight excluding hydrogens is 541 g/mol. The number of hydrogen-bond donors (Lipinski definition) is 3. The third kappa shape index (κ3) is 5.72. The maximum absolute atomic E-state index is 14.6. The smallest absolute Gasteiger partial charge is 0.181 e. The number of nitrogens with one attached hydrogen (secondary N) is 3. The molecule has 6 aromatic rings. The van der Waals surface area contributed by atoms with Crippen LogP contribution in [0.2, 0.25) is 0 Å². The van der Waals surface area contributed by atoms with Crippen LogP contribution in [-0.4, -0.2) is 57.1 Å². The summed E-state index contributed by atoms with van der Waals surface area (Å²) in [6, 6.07) is 12.5. The van der Waals surface area contributed by atoms with E-state index in [0.717, 1.165) is 57.5 Å². The number of pyridine rings is 3. The molecule has 0 amide bonds. The summed E-state index contributed by atoms with van der Waals surface area (Å²) >= 11 is 0. The highest BCUT2D eigenvalue weighted by Crippen LogP contribution is 2.34. The second-order valence-electron chi connectivity index (χ2n) is 10.1. The molecule has 0 saturated heterocycles. The molecule has 0 atom stereocenters. The molecule has 208 valence electrons. The molecule has 0 radical (unpaired) electrons. The SMILES string of the molecule is CCNCc1cncc(-c2cnc3n[nH]c(-c4cc5c(-c6cc(F)cc(CCS(C)(=O)=O)c6)nccc5[nH]4)c3c2)c1. The number of nitrogens with zero attached hydrogens (tertiary/aromatic N) is 4. The van der Waals surface area contributed by atoms with Crippen LogP contribution in [0.4, 0.5) is 4.39 Å². The summed E-state index contributed by atoms with van der Waals surface area (Å²) in [6.45, 7) is 3.68. The lowest BCUT2D eigenvalue weighted by atomic mass is 10.0. The highest BCUT2D eigenvalue weighted by Gasteiger charge is 2.16. The summed E-state index contributed by atoms with van der Waals surface area (Å²) in [6.07, 6.45) is 8.53. The number of halogens is 1. The molecule has 6 rings (SSSR count). The monoisotopic (exact) mass is 569 g/mol. The van der Waals surface area contributed by atoms with Gasteiger partial charge in [0.25, 0.3) is 0 Å². The average Bonchev–Trinajstić information content (AvgIpc) is 3.58. The predicted molar refractivity (Wildman–Crippen MR) is 158 cm³/mol. The molecule has 5 aromatic heterocycles. The van der Waals surface area contributed by atoms with Crippen molar-refractivity contribution in [2.45, 2.75) is 19.9 Å². The molecule has 11 heteroatoms. The lowest BCUT2D eigenvalue weighted by molar-refractivity contribution is 0.600. The quantitative estimate of drug-likeness (QED) is 0.222. The van der Waals surface area contributed by atoms with Gasteiger partial charge in [-0.05, 0) is 66.6 Å². The normalized spacial score (nSPS) is 12.0. The van der Waals surface area contributed by atoms with E-state index in [1.54, 1.807) is 18.5 Å². The standard InChI is InChI=1S/C30H28FN7O2S/c1-3-32-14-19-9-21(16-33-15-19)22-12-25-29(37-38-30(25)35-17-22)27-13-24-26(36-27)4-6-34-28(24)20-8-18(10-23(31)11-20)5-7-41(2,39)40/h4,6,8-13,15-17,32,36H,3,5,7,14H2,1-2H3,(H,35,37,38). The Hall–Kier alpha value is -4.48. The summed E-state index contributed by atoms with van der Waals surface area (Å²) < 4.78 is 37.9. The first-order chi connectivity index (χ1) is 19.8. The lowest BCUT2D eigenvalue weighted by Crippen LogP contribution is -2.11. The minimum Gasteiger partial charge on any atom is -0.353 e. The van der Waals surface area contributed by atoms with Crippen LogP contribution in [0, 0.1) is 5.82 Å². The van der Waals surface area contributed by atoms with E-state index in [4.69, 9.17) is 0 Å². The fourth-order valence-corrected chi connectivity index (χ4v) is 5.53. The van der Waals surface area contributed by atoms with Crippen LogP contribution in [0.5, 0.6) is 0 Å². The molecular formula is C30H28FN7O2S. The number of fused-ring (bicyclic) bond motifs is 2. The van der Waals surface area contributed by atoms with Gasteiger partial charge in [-0.3, -0.25) is 15.1 Å². The van der Waals surface area contributed by atoms with Crippen molar-refractivity contribution in [2.75, 3.05) is 18.6 Å². The first kappa shape index (κ1) is 26.7. The van der Waals surface area contributed by atoms with E-state index in [2.05, 4.69) is 48.4 Å². The Labute approximate surface area is 236 Å². The van der Waals surface area contributed by atoms with Crippen LogP contribution < -0.4 is 5.32 Å². The largest absolute Gasteiger partial charge is 0.353 e. The summed E-state index contributed by atoms with van der Waals surface area (Å²) in [5.41, 5.74) is 7.69. The van der Waals surface area contributed by atoms with Gasteiger partial charge < -0.3 is 10.3 Å². The van der Waals surface area contributed by atoms with E-state index < -0.39 is 15.7 Å². The molecule has 41 heavy (non-hydrogen) atoms. The fourth-order valence-electron chi connectivity index (χ4n) is 4.93. The third-order valence-electron chi connectivity index (χ3n) is 6.93. The Morgan fingerprint density at radius 1 is 0.927 bits per heavy atom. The average molecular weight is 570 g/mol. The van der Waals surface area contributed by atoms with Gasteiger partial charge >= 0.3 is 0 Å². The van der Waals surface area contributed by atoms with Crippen molar-refractivity contribution < 1.29 is 12.8 Å². The van der Waals surface area contributed by atoms with Crippen molar-refractivity contribution in [3.63, 3.8) is 0 Å². The summed E-state index contributed by atoms with van der Waals surface area (Å²) in [5, 5.41) is 12.5. The zero-order chi connectivity index (χ0) is 28.6. The molecule has 0 aliphatic rings. The Morgan fingerprint density at radius 2 is 1.76 bits per heavy atom. The molecule has 3 N–H and O–H groups in total. The number of hydrogen-bond acceptors (Lipinski definition) is 7. The van der Waals surface area contributed by atoms with Gasteiger partial charge in [0.05, 0.1) is 22.8 Å². The van der Waals surface area contributed by atoms with E-state index in [1.807, 2.05) is 30.6 Å². The lowest BCUT2D eigenvalue weighted by Gasteiger charge is -2.07. The molecule has 5 heterocycles. The Kier molecular flexibility index (Phi) is 7.06. The number of rotatable bonds is 9. The second kappa shape index (κ2) is 10.8. The van der Waals surface area contributed by atoms with Crippen molar-refractivity contribution >= 4 is 31.8 Å². The maximum atomic E-state index is 14.6. The number of aromatic amines is 2. The summed E-state index contributed by atoms with van der Waals surface area (Å²) in [5.74, 6) is -0.497. The molecule has 0 saturated carbocycles.